The van der Waals surface area contributed by atoms with Gasteiger partial charge in [0.2, 0.25) is 5.76 Å². The van der Waals surface area contributed by atoms with Crippen molar-refractivity contribution in [3.63, 3.8) is 0 Å². The maximum absolute atomic E-state index is 11.7. The van der Waals surface area contributed by atoms with Crippen molar-refractivity contribution < 1.29 is 9.32 Å². The molecule has 1 fully saturated rings. The molecule has 3 N–H and O–H groups in total. The molecule has 1 unspecified atom stereocenters. The number of hydrogen-bond acceptors (Lipinski definition) is 4. The fraction of sp³-hybridized carbons (Fsp3) is 0.500. The Hall–Kier alpha value is -1.43. The second-order valence-electron chi connectivity index (χ2n) is 4.02. The molecule has 0 bridgehead atoms. The lowest BCUT2D eigenvalue weighted by Gasteiger charge is -2.15. The Morgan fingerprint density at radius 1 is 1.75 bits per heavy atom. The monoisotopic (exact) mass is 239 g/mol. The molecule has 0 radical (unpaired) electrons. The lowest BCUT2D eigenvalue weighted by molar-refractivity contribution is 0.0906. The van der Waals surface area contributed by atoms with Crippen LogP contribution in [0.1, 0.15) is 29.1 Å². The van der Waals surface area contributed by atoms with E-state index in [-0.39, 0.29) is 17.7 Å². The minimum Gasteiger partial charge on any atom is -0.392 e. The Labute approximate surface area is 98.4 Å². The van der Waals surface area contributed by atoms with Crippen molar-refractivity contribution >= 4 is 23.1 Å². The molecular weight excluding hydrogens is 226 g/mol. The molecular formula is C10H13N3O2S. The molecule has 1 aromatic heterocycles. The van der Waals surface area contributed by atoms with E-state index in [2.05, 4.69) is 10.5 Å². The van der Waals surface area contributed by atoms with E-state index in [0.29, 0.717) is 16.6 Å². The standard InChI is InChI=1S/C10H13N3O2S/c1-5-4-7(15-13-5)10(14)12-8(9(11)16)6-2-3-6/h4,6,8H,2-3H2,1H3,(H2,11,16)(H,12,14). The Morgan fingerprint density at radius 2 is 2.44 bits per heavy atom. The van der Waals surface area contributed by atoms with Gasteiger partial charge in [0.05, 0.1) is 16.7 Å². The first-order valence-corrected chi connectivity index (χ1v) is 5.52. The summed E-state index contributed by atoms with van der Waals surface area (Å²) in [7, 11) is 0. The first-order valence-electron chi connectivity index (χ1n) is 5.11. The molecule has 5 nitrogen and oxygen atoms in total. The molecule has 0 saturated heterocycles. The molecule has 16 heavy (non-hydrogen) atoms. The maximum Gasteiger partial charge on any atom is 0.290 e. The number of rotatable bonds is 4. The number of nitrogens with two attached hydrogens (primary N) is 1. The predicted molar refractivity (Wildman–Crippen MR) is 62.0 cm³/mol. The van der Waals surface area contributed by atoms with Crippen LogP contribution in [-0.4, -0.2) is 22.1 Å². The zero-order chi connectivity index (χ0) is 11.7. The number of nitrogens with one attached hydrogen (secondary N) is 1. The average Bonchev–Trinajstić information content (AvgIpc) is 2.96. The van der Waals surface area contributed by atoms with Gasteiger partial charge in [0.25, 0.3) is 5.91 Å². The second kappa shape index (κ2) is 4.21. The molecule has 1 atom stereocenters. The third-order valence-electron chi connectivity index (χ3n) is 2.54. The van der Waals surface area contributed by atoms with E-state index < -0.39 is 0 Å². The molecule has 0 aliphatic heterocycles. The van der Waals surface area contributed by atoms with E-state index in [1.165, 1.54) is 0 Å². The van der Waals surface area contributed by atoms with Gasteiger partial charge in [-0.15, -0.1) is 0 Å². The van der Waals surface area contributed by atoms with Crippen molar-refractivity contribution in [3.05, 3.63) is 17.5 Å². The predicted octanol–water partition coefficient (Wildman–Crippen LogP) is 0.778. The molecule has 86 valence electrons. The quantitative estimate of drug-likeness (QED) is 0.759. The summed E-state index contributed by atoms with van der Waals surface area (Å²) in [6.07, 6.45) is 2.11. The summed E-state index contributed by atoms with van der Waals surface area (Å²) < 4.78 is 4.86. The number of carbonyl (C=O) groups excluding carboxylic acids is 1. The lowest BCUT2D eigenvalue weighted by Crippen LogP contribution is -2.44. The highest BCUT2D eigenvalue weighted by Crippen LogP contribution is 2.32. The smallest absolute Gasteiger partial charge is 0.290 e. The van der Waals surface area contributed by atoms with Crippen molar-refractivity contribution in [1.82, 2.24) is 10.5 Å². The summed E-state index contributed by atoms with van der Waals surface area (Å²) in [5, 5.41) is 6.42. The summed E-state index contributed by atoms with van der Waals surface area (Å²) in [6, 6.07) is 1.35. The molecule has 6 heteroatoms. The third kappa shape index (κ3) is 2.38. The maximum atomic E-state index is 11.7. The van der Waals surface area contributed by atoms with Crippen molar-refractivity contribution in [2.45, 2.75) is 25.8 Å². The van der Waals surface area contributed by atoms with Crippen LogP contribution in [0.2, 0.25) is 0 Å². The van der Waals surface area contributed by atoms with Gasteiger partial charge in [0, 0.05) is 6.07 Å². The van der Waals surface area contributed by atoms with Crippen LogP contribution in [0.5, 0.6) is 0 Å². The highest BCUT2D eigenvalue weighted by Gasteiger charge is 2.34. The lowest BCUT2D eigenvalue weighted by atomic mass is 10.2. The minimum absolute atomic E-state index is 0.194. The van der Waals surface area contributed by atoms with Gasteiger partial charge in [-0.1, -0.05) is 17.4 Å². The summed E-state index contributed by atoms with van der Waals surface area (Å²) >= 11 is 4.92. The normalized spacial score (nSPS) is 16.8. The number of aryl methyl sites for hydroxylation is 1. The van der Waals surface area contributed by atoms with Crippen LogP contribution >= 0.6 is 12.2 Å². The summed E-state index contributed by atoms with van der Waals surface area (Å²) in [5.74, 6) is 0.259. The fourth-order valence-corrected chi connectivity index (χ4v) is 1.79. The first-order chi connectivity index (χ1) is 7.58. The molecule has 0 spiro atoms. The zero-order valence-electron chi connectivity index (χ0n) is 8.90. The van der Waals surface area contributed by atoms with Gasteiger partial charge in [-0.3, -0.25) is 4.79 Å². The SMILES string of the molecule is Cc1cc(C(=O)NC(C(N)=S)C2CC2)on1. The van der Waals surface area contributed by atoms with E-state index in [0.717, 1.165) is 12.8 Å². The van der Waals surface area contributed by atoms with Gasteiger partial charge in [0.1, 0.15) is 0 Å². The Balaban J connectivity index is 2.02. The Bertz CT molecular complexity index is 425. The van der Waals surface area contributed by atoms with E-state index in [1.807, 2.05) is 0 Å². The summed E-state index contributed by atoms with van der Waals surface area (Å²) in [6.45, 7) is 1.76. The molecule has 2 rings (SSSR count). The van der Waals surface area contributed by atoms with Gasteiger partial charge in [-0.05, 0) is 25.7 Å². The highest BCUT2D eigenvalue weighted by atomic mass is 32.1. The largest absolute Gasteiger partial charge is 0.392 e. The molecule has 1 saturated carbocycles. The number of nitrogens with zero attached hydrogens (tertiary/aromatic N) is 1. The minimum atomic E-state index is -0.315. The number of carbonyl (C=O) groups is 1. The topological polar surface area (TPSA) is 81.2 Å². The van der Waals surface area contributed by atoms with Crippen LogP contribution in [0.3, 0.4) is 0 Å². The van der Waals surface area contributed by atoms with Crippen LogP contribution in [0, 0.1) is 12.8 Å². The Kier molecular flexibility index (Phi) is 2.91. The highest BCUT2D eigenvalue weighted by molar-refractivity contribution is 7.80. The second-order valence-corrected chi connectivity index (χ2v) is 4.49. The van der Waals surface area contributed by atoms with Crippen molar-refractivity contribution in [1.29, 1.82) is 0 Å². The number of thiocarbonyl (C=S) groups is 1. The van der Waals surface area contributed by atoms with Gasteiger partial charge < -0.3 is 15.6 Å². The van der Waals surface area contributed by atoms with Gasteiger partial charge in [-0.2, -0.15) is 0 Å². The summed E-state index contributed by atoms with van der Waals surface area (Å²) in [5.41, 5.74) is 6.25. The van der Waals surface area contributed by atoms with Crippen molar-refractivity contribution in [2.75, 3.05) is 0 Å². The van der Waals surface area contributed by atoms with Gasteiger partial charge in [-0.25, -0.2) is 0 Å². The first kappa shape index (κ1) is 11.1. The van der Waals surface area contributed by atoms with Crippen LogP contribution < -0.4 is 11.1 Å². The van der Waals surface area contributed by atoms with E-state index in [9.17, 15) is 4.79 Å². The molecule has 1 aliphatic rings. The van der Waals surface area contributed by atoms with E-state index in [4.69, 9.17) is 22.5 Å². The van der Waals surface area contributed by atoms with E-state index in [1.54, 1.807) is 13.0 Å². The van der Waals surface area contributed by atoms with Crippen LogP contribution in [0.15, 0.2) is 10.6 Å². The Morgan fingerprint density at radius 3 is 2.88 bits per heavy atom. The van der Waals surface area contributed by atoms with Crippen LogP contribution in [-0.2, 0) is 0 Å². The van der Waals surface area contributed by atoms with Crippen LogP contribution in [0.25, 0.3) is 0 Å². The van der Waals surface area contributed by atoms with Crippen LogP contribution in [0.4, 0.5) is 0 Å². The van der Waals surface area contributed by atoms with Gasteiger partial charge >= 0.3 is 0 Å². The average molecular weight is 239 g/mol. The fourth-order valence-electron chi connectivity index (χ4n) is 1.53. The zero-order valence-corrected chi connectivity index (χ0v) is 9.71. The number of hydrogen-bond donors (Lipinski definition) is 2. The third-order valence-corrected chi connectivity index (χ3v) is 2.79. The number of aromatic nitrogens is 1. The molecule has 1 heterocycles. The molecule has 1 aliphatic carbocycles. The number of amides is 1. The molecule has 1 aromatic rings. The van der Waals surface area contributed by atoms with Crippen molar-refractivity contribution in [3.8, 4) is 0 Å². The summed E-state index contributed by atoms with van der Waals surface area (Å²) in [4.78, 5) is 12.1. The van der Waals surface area contributed by atoms with Crippen molar-refractivity contribution in [2.24, 2.45) is 11.7 Å². The molecule has 1 amide bonds. The molecule has 0 aromatic carbocycles. The van der Waals surface area contributed by atoms with E-state index >= 15 is 0 Å². The van der Waals surface area contributed by atoms with Gasteiger partial charge in [0.15, 0.2) is 0 Å².